The summed E-state index contributed by atoms with van der Waals surface area (Å²) in [5, 5.41) is 0. The highest BCUT2D eigenvalue weighted by Gasteiger charge is 2.07. The van der Waals surface area contributed by atoms with Crippen molar-refractivity contribution in [3.05, 3.63) is 0 Å². The molecule has 0 aliphatic heterocycles. The molecule has 0 heterocycles. The van der Waals surface area contributed by atoms with Gasteiger partial charge in [0.15, 0.2) is 0 Å². The summed E-state index contributed by atoms with van der Waals surface area (Å²) in [5.74, 6) is 0. The van der Waals surface area contributed by atoms with Crippen LogP contribution in [0.2, 0.25) is 0 Å². The van der Waals surface area contributed by atoms with Crippen molar-refractivity contribution in [3.8, 4) is 0 Å². The van der Waals surface area contributed by atoms with Gasteiger partial charge in [-0.05, 0) is 37.7 Å². The quantitative estimate of drug-likeness (QED) is 0.188. The Labute approximate surface area is 137 Å². The van der Waals surface area contributed by atoms with Crippen molar-refractivity contribution >= 4 is 7.92 Å². The van der Waals surface area contributed by atoms with Gasteiger partial charge in [-0.3, -0.25) is 0 Å². The highest BCUT2D eigenvalue weighted by molar-refractivity contribution is 7.57. The van der Waals surface area contributed by atoms with E-state index in [0.717, 1.165) is 0 Å². The summed E-state index contributed by atoms with van der Waals surface area (Å²) in [5.41, 5.74) is 0. The van der Waals surface area contributed by atoms with Crippen molar-refractivity contribution in [2.24, 2.45) is 0 Å². The molecule has 0 saturated heterocycles. The third-order valence-electron chi connectivity index (χ3n) is 4.48. The molecule has 128 valence electrons. The van der Waals surface area contributed by atoms with Crippen LogP contribution in [-0.4, -0.2) is 18.5 Å². The molecular formula is C20H43P. The summed E-state index contributed by atoms with van der Waals surface area (Å²) >= 11 is 0. The largest absolute Gasteiger partial charge is 0.107 e. The van der Waals surface area contributed by atoms with E-state index in [4.69, 9.17) is 0 Å². The molecule has 1 heteroatoms. The van der Waals surface area contributed by atoms with Crippen LogP contribution in [0.15, 0.2) is 0 Å². The van der Waals surface area contributed by atoms with Crippen molar-refractivity contribution < 1.29 is 0 Å². The van der Waals surface area contributed by atoms with Crippen LogP contribution >= 0.6 is 7.92 Å². The van der Waals surface area contributed by atoms with Gasteiger partial charge in [0.25, 0.3) is 0 Å². The molecule has 0 bridgehead atoms. The molecule has 0 spiro atoms. The average Bonchev–Trinajstić information content (AvgIpc) is 2.50. The minimum Gasteiger partial charge on any atom is -0.107 e. The van der Waals surface area contributed by atoms with Gasteiger partial charge in [-0.15, -0.1) is 7.92 Å². The normalized spacial score (nSPS) is 11.4. The van der Waals surface area contributed by atoms with Crippen molar-refractivity contribution in [3.63, 3.8) is 0 Å². The Hall–Kier alpha value is 0.430. The van der Waals surface area contributed by atoms with E-state index in [1.807, 2.05) is 0 Å². The summed E-state index contributed by atoms with van der Waals surface area (Å²) in [6.45, 7) is 6.96. The van der Waals surface area contributed by atoms with Crippen molar-refractivity contribution in [1.82, 2.24) is 0 Å². The van der Waals surface area contributed by atoms with Gasteiger partial charge in [0.1, 0.15) is 0 Å². The van der Waals surface area contributed by atoms with E-state index in [2.05, 4.69) is 20.8 Å². The molecule has 0 radical (unpaired) electrons. The average molecular weight is 315 g/mol. The smallest absolute Gasteiger partial charge is 0.0326 e. The second-order valence-electron chi connectivity index (χ2n) is 6.73. The maximum Gasteiger partial charge on any atom is -0.0326 e. The fourth-order valence-electron chi connectivity index (χ4n) is 2.98. The lowest BCUT2D eigenvalue weighted by molar-refractivity contribution is 0.625. The molecule has 0 fully saturated rings. The van der Waals surface area contributed by atoms with Gasteiger partial charge >= 0.3 is 0 Å². The minimum absolute atomic E-state index is 0.382. The van der Waals surface area contributed by atoms with Gasteiger partial charge in [-0.25, -0.2) is 0 Å². The van der Waals surface area contributed by atoms with Gasteiger partial charge in [-0.2, -0.15) is 0 Å². The monoisotopic (exact) mass is 314 g/mol. The highest BCUT2D eigenvalue weighted by Crippen LogP contribution is 2.39. The Balaban J connectivity index is 3.67. The minimum atomic E-state index is 0.382. The summed E-state index contributed by atoms with van der Waals surface area (Å²) in [7, 11) is 0.382. The number of unbranched alkanes of at least 4 members (excludes halogenated alkanes) is 11. The molecule has 0 nitrogen and oxygen atoms in total. The third-order valence-corrected chi connectivity index (χ3v) is 7.33. The molecule has 0 aliphatic carbocycles. The van der Waals surface area contributed by atoms with Crippen LogP contribution in [0.5, 0.6) is 0 Å². The van der Waals surface area contributed by atoms with E-state index in [0.29, 0.717) is 7.92 Å². The van der Waals surface area contributed by atoms with Gasteiger partial charge in [-0.1, -0.05) is 91.4 Å². The van der Waals surface area contributed by atoms with E-state index in [1.54, 1.807) is 18.5 Å². The van der Waals surface area contributed by atoms with E-state index < -0.39 is 0 Å². The summed E-state index contributed by atoms with van der Waals surface area (Å²) in [6.07, 6.45) is 25.2. The number of hydrogen-bond donors (Lipinski definition) is 0. The van der Waals surface area contributed by atoms with Crippen molar-refractivity contribution in [1.29, 1.82) is 0 Å². The van der Waals surface area contributed by atoms with Gasteiger partial charge in [0.05, 0.1) is 0 Å². The second-order valence-corrected chi connectivity index (χ2v) is 9.41. The Bertz CT molecular complexity index is 167. The second kappa shape index (κ2) is 18.5. The SMILES string of the molecule is CCCCCCCCP(CCCCCC)CCCCCC. The Morgan fingerprint density at radius 1 is 0.381 bits per heavy atom. The maximum atomic E-state index is 2.32. The highest BCUT2D eigenvalue weighted by atomic mass is 31.1. The fourth-order valence-corrected chi connectivity index (χ4v) is 5.66. The lowest BCUT2D eigenvalue weighted by Crippen LogP contribution is -1.97. The first-order chi connectivity index (χ1) is 10.3. The van der Waals surface area contributed by atoms with Crippen LogP contribution in [0.3, 0.4) is 0 Å². The third kappa shape index (κ3) is 16.6. The molecule has 21 heavy (non-hydrogen) atoms. The molecule has 0 unspecified atom stereocenters. The van der Waals surface area contributed by atoms with Crippen molar-refractivity contribution in [2.75, 3.05) is 18.5 Å². The van der Waals surface area contributed by atoms with E-state index >= 15 is 0 Å². The fraction of sp³-hybridized carbons (Fsp3) is 1.00. The molecule has 0 rings (SSSR count). The van der Waals surface area contributed by atoms with E-state index in [1.165, 1.54) is 89.9 Å². The summed E-state index contributed by atoms with van der Waals surface area (Å²) in [6, 6.07) is 0. The first-order valence-electron chi connectivity index (χ1n) is 10.1. The van der Waals surface area contributed by atoms with E-state index in [9.17, 15) is 0 Å². The lowest BCUT2D eigenvalue weighted by atomic mass is 10.1. The first kappa shape index (κ1) is 21.4. The standard InChI is InChI=1S/C20H43P/c1-4-7-10-13-14-17-20-21(18-15-11-8-5-2)19-16-12-9-6-3/h4-20H2,1-3H3. The molecule has 0 aromatic carbocycles. The van der Waals surface area contributed by atoms with Crippen LogP contribution in [0.1, 0.15) is 111 Å². The van der Waals surface area contributed by atoms with Crippen LogP contribution in [0, 0.1) is 0 Å². The number of hydrogen-bond acceptors (Lipinski definition) is 0. The lowest BCUT2D eigenvalue weighted by Gasteiger charge is -2.18. The zero-order chi connectivity index (χ0) is 15.6. The summed E-state index contributed by atoms with van der Waals surface area (Å²) < 4.78 is 0. The predicted octanol–water partition coefficient (Wildman–Crippen LogP) is 7.99. The number of rotatable bonds is 17. The van der Waals surface area contributed by atoms with E-state index in [-0.39, 0.29) is 0 Å². The summed E-state index contributed by atoms with van der Waals surface area (Å²) in [4.78, 5) is 0. The predicted molar refractivity (Wildman–Crippen MR) is 103 cm³/mol. The van der Waals surface area contributed by atoms with Gasteiger partial charge in [0.2, 0.25) is 0 Å². The first-order valence-corrected chi connectivity index (χ1v) is 12.0. The van der Waals surface area contributed by atoms with Crippen LogP contribution in [-0.2, 0) is 0 Å². The molecule has 0 aliphatic rings. The van der Waals surface area contributed by atoms with Crippen LogP contribution < -0.4 is 0 Å². The Morgan fingerprint density at radius 2 is 0.667 bits per heavy atom. The van der Waals surface area contributed by atoms with Crippen LogP contribution in [0.25, 0.3) is 0 Å². The Morgan fingerprint density at radius 3 is 1.05 bits per heavy atom. The molecule has 0 N–H and O–H groups in total. The molecule has 0 aromatic heterocycles. The molecule has 0 amide bonds. The molecule has 0 aromatic rings. The molecule has 0 atom stereocenters. The zero-order valence-electron chi connectivity index (χ0n) is 15.5. The maximum absolute atomic E-state index is 2.32. The van der Waals surface area contributed by atoms with Gasteiger partial charge < -0.3 is 0 Å². The topological polar surface area (TPSA) is 0 Å². The van der Waals surface area contributed by atoms with Crippen molar-refractivity contribution in [2.45, 2.75) is 111 Å². The van der Waals surface area contributed by atoms with Gasteiger partial charge in [0, 0.05) is 0 Å². The Kier molecular flexibility index (Phi) is 18.9. The molecular weight excluding hydrogens is 271 g/mol. The molecule has 0 saturated carbocycles. The van der Waals surface area contributed by atoms with Crippen LogP contribution in [0.4, 0.5) is 0 Å². The zero-order valence-corrected chi connectivity index (χ0v) is 16.4.